The number of piperidine rings is 1. The molecule has 0 radical (unpaired) electrons. The summed E-state index contributed by atoms with van der Waals surface area (Å²) in [5.41, 5.74) is 6.61. The van der Waals surface area contributed by atoms with Gasteiger partial charge >= 0.3 is 6.09 Å². The fourth-order valence-electron chi connectivity index (χ4n) is 2.68. The topological polar surface area (TPSA) is 58.8 Å². The second-order valence-corrected chi connectivity index (χ2v) is 5.55. The SMILES string of the molecule is CN(CCN)[C@H]1CCCN(C(=O)OCc2ccccc2)C1. The third kappa shape index (κ3) is 4.72. The molecule has 1 atom stereocenters. The first-order chi connectivity index (χ1) is 10.2. The average molecular weight is 291 g/mol. The van der Waals surface area contributed by atoms with Crippen LogP contribution in [0.1, 0.15) is 18.4 Å². The maximum absolute atomic E-state index is 12.2. The Bertz CT molecular complexity index is 438. The van der Waals surface area contributed by atoms with Crippen LogP contribution in [0.2, 0.25) is 0 Å². The van der Waals surface area contributed by atoms with Gasteiger partial charge in [-0.3, -0.25) is 0 Å². The lowest BCUT2D eigenvalue weighted by atomic mass is 10.1. The Balaban J connectivity index is 1.81. The molecular formula is C16H25N3O2. The fraction of sp³-hybridized carbons (Fsp3) is 0.562. The summed E-state index contributed by atoms with van der Waals surface area (Å²) in [5, 5.41) is 0. The zero-order valence-electron chi connectivity index (χ0n) is 12.7. The molecular weight excluding hydrogens is 266 g/mol. The van der Waals surface area contributed by atoms with Crippen LogP contribution in [0.3, 0.4) is 0 Å². The Morgan fingerprint density at radius 1 is 1.43 bits per heavy atom. The van der Waals surface area contributed by atoms with E-state index in [1.165, 1.54) is 0 Å². The van der Waals surface area contributed by atoms with Gasteiger partial charge in [-0.05, 0) is 25.5 Å². The normalized spacial score (nSPS) is 18.8. The molecule has 0 saturated carbocycles. The molecule has 1 amide bonds. The lowest BCUT2D eigenvalue weighted by Crippen LogP contribution is -2.49. The Kier molecular flexibility index (Phi) is 6.02. The quantitative estimate of drug-likeness (QED) is 0.896. The van der Waals surface area contributed by atoms with Gasteiger partial charge in [-0.2, -0.15) is 0 Å². The molecule has 1 aliphatic rings. The molecule has 2 rings (SSSR count). The van der Waals surface area contributed by atoms with Crippen LogP contribution in [-0.2, 0) is 11.3 Å². The molecule has 21 heavy (non-hydrogen) atoms. The number of amides is 1. The molecule has 0 aromatic heterocycles. The van der Waals surface area contributed by atoms with Crippen molar-refractivity contribution in [1.82, 2.24) is 9.80 Å². The number of carbonyl (C=O) groups excluding carboxylic acids is 1. The molecule has 1 heterocycles. The second-order valence-electron chi connectivity index (χ2n) is 5.55. The summed E-state index contributed by atoms with van der Waals surface area (Å²) in [5.74, 6) is 0. The first-order valence-electron chi connectivity index (χ1n) is 7.56. The van der Waals surface area contributed by atoms with Crippen molar-refractivity contribution >= 4 is 6.09 Å². The summed E-state index contributed by atoms with van der Waals surface area (Å²) in [6.07, 6.45) is 1.91. The number of nitrogens with two attached hydrogens (primary N) is 1. The molecule has 0 bridgehead atoms. The monoisotopic (exact) mass is 291 g/mol. The van der Waals surface area contributed by atoms with Gasteiger partial charge in [0.1, 0.15) is 6.61 Å². The van der Waals surface area contributed by atoms with E-state index in [0.29, 0.717) is 19.2 Å². The number of ether oxygens (including phenoxy) is 1. The van der Waals surface area contributed by atoms with Gasteiger partial charge < -0.3 is 20.3 Å². The van der Waals surface area contributed by atoms with Crippen molar-refractivity contribution in [1.29, 1.82) is 0 Å². The first-order valence-corrected chi connectivity index (χ1v) is 7.56. The van der Waals surface area contributed by atoms with Gasteiger partial charge in [0.25, 0.3) is 0 Å². The lowest BCUT2D eigenvalue weighted by Gasteiger charge is -2.36. The first kappa shape index (κ1) is 15.8. The minimum Gasteiger partial charge on any atom is -0.445 e. The Labute approximate surface area is 126 Å². The molecule has 1 aromatic rings. The van der Waals surface area contributed by atoms with Crippen molar-refractivity contribution in [2.24, 2.45) is 5.73 Å². The van der Waals surface area contributed by atoms with E-state index in [9.17, 15) is 4.79 Å². The molecule has 5 heteroatoms. The lowest BCUT2D eigenvalue weighted by molar-refractivity contribution is 0.0674. The van der Waals surface area contributed by atoms with Crippen LogP contribution in [-0.4, -0.2) is 55.2 Å². The minimum atomic E-state index is -0.218. The van der Waals surface area contributed by atoms with Gasteiger partial charge in [-0.1, -0.05) is 30.3 Å². The van der Waals surface area contributed by atoms with Crippen molar-refractivity contribution in [2.45, 2.75) is 25.5 Å². The van der Waals surface area contributed by atoms with E-state index in [2.05, 4.69) is 11.9 Å². The summed E-state index contributed by atoms with van der Waals surface area (Å²) < 4.78 is 5.40. The predicted molar refractivity (Wildman–Crippen MR) is 82.9 cm³/mol. The van der Waals surface area contributed by atoms with Crippen molar-refractivity contribution in [3.05, 3.63) is 35.9 Å². The van der Waals surface area contributed by atoms with E-state index in [4.69, 9.17) is 10.5 Å². The van der Waals surface area contributed by atoms with Crippen LogP contribution in [0, 0.1) is 0 Å². The van der Waals surface area contributed by atoms with Gasteiger partial charge in [-0.15, -0.1) is 0 Å². The highest BCUT2D eigenvalue weighted by Crippen LogP contribution is 2.16. The number of likely N-dealkylation sites (N-methyl/N-ethyl adjacent to an activating group) is 1. The molecule has 2 N–H and O–H groups in total. The zero-order chi connectivity index (χ0) is 15.1. The molecule has 0 unspecified atom stereocenters. The largest absolute Gasteiger partial charge is 0.445 e. The smallest absolute Gasteiger partial charge is 0.410 e. The number of nitrogens with zero attached hydrogens (tertiary/aromatic N) is 2. The maximum atomic E-state index is 12.2. The summed E-state index contributed by atoms with van der Waals surface area (Å²) in [6, 6.07) is 10.1. The van der Waals surface area contributed by atoms with Gasteiger partial charge in [0, 0.05) is 32.2 Å². The molecule has 1 aromatic carbocycles. The molecule has 0 aliphatic carbocycles. The Morgan fingerprint density at radius 3 is 2.90 bits per heavy atom. The van der Waals surface area contributed by atoms with E-state index >= 15 is 0 Å². The Morgan fingerprint density at radius 2 is 2.19 bits per heavy atom. The van der Waals surface area contributed by atoms with Gasteiger partial charge in [0.15, 0.2) is 0 Å². The summed E-state index contributed by atoms with van der Waals surface area (Å²) in [6.45, 7) is 3.34. The number of hydrogen-bond acceptors (Lipinski definition) is 4. The standard InChI is InChI=1S/C16H25N3O2/c1-18(11-9-17)15-8-5-10-19(12-15)16(20)21-13-14-6-3-2-4-7-14/h2-4,6-7,15H,5,8-13,17H2,1H3/t15-/m0/s1. The van der Waals surface area contributed by atoms with E-state index in [1.807, 2.05) is 35.2 Å². The highest BCUT2D eigenvalue weighted by Gasteiger charge is 2.26. The highest BCUT2D eigenvalue weighted by atomic mass is 16.6. The van der Waals surface area contributed by atoms with Crippen LogP contribution >= 0.6 is 0 Å². The molecule has 116 valence electrons. The maximum Gasteiger partial charge on any atom is 0.410 e. The van der Waals surface area contributed by atoms with Crippen LogP contribution in [0.25, 0.3) is 0 Å². The van der Waals surface area contributed by atoms with Crippen molar-refractivity contribution in [3.8, 4) is 0 Å². The third-order valence-electron chi connectivity index (χ3n) is 3.97. The summed E-state index contributed by atoms with van der Waals surface area (Å²) in [7, 11) is 2.07. The van der Waals surface area contributed by atoms with E-state index < -0.39 is 0 Å². The van der Waals surface area contributed by atoms with Crippen LogP contribution in [0.15, 0.2) is 30.3 Å². The van der Waals surface area contributed by atoms with Crippen molar-refractivity contribution < 1.29 is 9.53 Å². The summed E-state index contributed by atoms with van der Waals surface area (Å²) >= 11 is 0. The minimum absolute atomic E-state index is 0.218. The van der Waals surface area contributed by atoms with Crippen LogP contribution < -0.4 is 5.73 Å². The number of carbonyl (C=O) groups is 1. The Hall–Kier alpha value is -1.59. The van der Waals surface area contributed by atoms with E-state index in [0.717, 1.165) is 38.0 Å². The molecule has 0 spiro atoms. The fourth-order valence-corrected chi connectivity index (χ4v) is 2.68. The molecule has 1 fully saturated rings. The number of rotatable bonds is 5. The van der Waals surface area contributed by atoms with Gasteiger partial charge in [-0.25, -0.2) is 4.79 Å². The molecule has 5 nitrogen and oxygen atoms in total. The van der Waals surface area contributed by atoms with Crippen molar-refractivity contribution in [2.75, 3.05) is 33.2 Å². The molecule has 1 saturated heterocycles. The van der Waals surface area contributed by atoms with Crippen molar-refractivity contribution in [3.63, 3.8) is 0 Å². The van der Waals surface area contributed by atoms with E-state index in [-0.39, 0.29) is 6.09 Å². The van der Waals surface area contributed by atoms with Crippen LogP contribution in [0.5, 0.6) is 0 Å². The highest BCUT2D eigenvalue weighted by molar-refractivity contribution is 5.67. The van der Waals surface area contributed by atoms with E-state index in [1.54, 1.807) is 0 Å². The number of likely N-dealkylation sites (tertiary alicyclic amines) is 1. The van der Waals surface area contributed by atoms with Crippen LogP contribution in [0.4, 0.5) is 4.79 Å². The summed E-state index contributed by atoms with van der Waals surface area (Å²) in [4.78, 5) is 16.2. The third-order valence-corrected chi connectivity index (χ3v) is 3.97. The zero-order valence-corrected chi connectivity index (χ0v) is 12.7. The number of hydrogen-bond donors (Lipinski definition) is 1. The average Bonchev–Trinajstić information content (AvgIpc) is 2.54. The van der Waals surface area contributed by atoms with Gasteiger partial charge in [0.2, 0.25) is 0 Å². The second kappa shape index (κ2) is 8.00. The predicted octanol–water partition coefficient (Wildman–Crippen LogP) is 1.68. The molecule has 1 aliphatic heterocycles. The van der Waals surface area contributed by atoms with Gasteiger partial charge in [0.05, 0.1) is 0 Å². The number of benzene rings is 1.